The molecule has 3 rings (SSSR count). The van der Waals surface area contributed by atoms with Crippen LogP contribution in [0, 0.1) is 0 Å². The minimum Gasteiger partial charge on any atom is -0.356 e. The summed E-state index contributed by atoms with van der Waals surface area (Å²) in [5.74, 6) is 1.81. The molecule has 6 heteroatoms. The first-order chi connectivity index (χ1) is 12.6. The third kappa shape index (κ3) is 4.19. The maximum absolute atomic E-state index is 4.84. The van der Waals surface area contributed by atoms with Crippen molar-refractivity contribution in [1.82, 2.24) is 19.9 Å². The highest BCUT2D eigenvalue weighted by atomic mass is 15.3. The Hall–Kier alpha value is -2.47. The molecule has 0 spiro atoms. The molecule has 0 unspecified atom stereocenters. The van der Waals surface area contributed by atoms with Gasteiger partial charge in [-0.1, -0.05) is 6.08 Å². The normalized spacial score (nSPS) is 14.4. The second-order valence-electron chi connectivity index (χ2n) is 6.97. The first kappa shape index (κ1) is 18.3. The van der Waals surface area contributed by atoms with Gasteiger partial charge in [0.15, 0.2) is 0 Å². The fourth-order valence-electron chi connectivity index (χ4n) is 3.31. The van der Waals surface area contributed by atoms with Crippen molar-refractivity contribution in [3.05, 3.63) is 54.0 Å². The summed E-state index contributed by atoms with van der Waals surface area (Å²) in [5, 5.41) is 0. The number of rotatable bonds is 6. The minimum absolute atomic E-state index is 0.775. The molecule has 0 N–H and O–H groups in total. The molecule has 0 saturated heterocycles. The van der Waals surface area contributed by atoms with Crippen LogP contribution in [0.15, 0.2) is 37.2 Å². The minimum atomic E-state index is 0.775. The van der Waals surface area contributed by atoms with Gasteiger partial charge in [0.25, 0.3) is 0 Å². The van der Waals surface area contributed by atoms with E-state index < -0.39 is 0 Å². The summed E-state index contributed by atoms with van der Waals surface area (Å²) in [4.78, 5) is 20.4. The Morgan fingerprint density at radius 3 is 2.54 bits per heavy atom. The largest absolute Gasteiger partial charge is 0.356 e. The molecule has 1 aliphatic heterocycles. The highest BCUT2D eigenvalue weighted by Gasteiger charge is 2.22. The van der Waals surface area contributed by atoms with E-state index in [-0.39, 0.29) is 0 Å². The molecule has 0 aliphatic carbocycles. The Labute approximate surface area is 156 Å². The monoisotopic (exact) mass is 352 g/mol. The molecule has 1 aliphatic rings. The molecule has 0 atom stereocenters. The Bertz CT molecular complexity index is 743. The lowest BCUT2D eigenvalue weighted by Gasteiger charge is -2.23. The molecule has 0 saturated carbocycles. The molecule has 0 bridgehead atoms. The van der Waals surface area contributed by atoms with Gasteiger partial charge in [0.2, 0.25) is 5.95 Å². The molecule has 2 aromatic rings. The highest BCUT2D eigenvalue weighted by Crippen LogP contribution is 2.26. The molecule has 0 radical (unpaired) electrons. The summed E-state index contributed by atoms with van der Waals surface area (Å²) in [5.41, 5.74) is 3.75. The average molecular weight is 352 g/mol. The van der Waals surface area contributed by atoms with Crippen molar-refractivity contribution in [2.45, 2.75) is 19.4 Å². The van der Waals surface area contributed by atoms with E-state index in [1.165, 1.54) is 16.8 Å². The van der Waals surface area contributed by atoms with Crippen molar-refractivity contribution in [2.24, 2.45) is 0 Å². The Morgan fingerprint density at radius 1 is 1.12 bits per heavy atom. The SMILES string of the molecule is C=CCN(C)c1nc(N(C)C)nc2c1CCN(Cc1ccncc1)CC2. The van der Waals surface area contributed by atoms with Crippen molar-refractivity contribution in [2.75, 3.05) is 50.6 Å². The van der Waals surface area contributed by atoms with Gasteiger partial charge < -0.3 is 9.80 Å². The van der Waals surface area contributed by atoms with Crippen LogP contribution in [0.1, 0.15) is 16.8 Å². The van der Waals surface area contributed by atoms with Gasteiger partial charge in [-0.25, -0.2) is 4.98 Å². The number of aromatic nitrogens is 3. The number of fused-ring (bicyclic) bond motifs is 1. The van der Waals surface area contributed by atoms with Gasteiger partial charge in [-0.2, -0.15) is 4.98 Å². The third-order valence-corrected chi connectivity index (χ3v) is 4.72. The van der Waals surface area contributed by atoms with Gasteiger partial charge in [0, 0.05) is 71.7 Å². The zero-order chi connectivity index (χ0) is 18.5. The van der Waals surface area contributed by atoms with Crippen molar-refractivity contribution >= 4 is 11.8 Å². The van der Waals surface area contributed by atoms with Gasteiger partial charge in [-0.3, -0.25) is 9.88 Å². The number of anilines is 2. The quantitative estimate of drug-likeness (QED) is 0.743. The molecule has 0 amide bonds. The second-order valence-corrected chi connectivity index (χ2v) is 6.97. The van der Waals surface area contributed by atoms with Crippen molar-refractivity contribution in [3.63, 3.8) is 0 Å². The van der Waals surface area contributed by atoms with Crippen LogP contribution in [0.5, 0.6) is 0 Å². The topological polar surface area (TPSA) is 48.4 Å². The van der Waals surface area contributed by atoms with E-state index in [1.54, 1.807) is 0 Å². The average Bonchev–Trinajstić information content (AvgIpc) is 2.84. The maximum Gasteiger partial charge on any atom is 0.227 e. The summed E-state index contributed by atoms with van der Waals surface area (Å²) in [6, 6.07) is 4.18. The van der Waals surface area contributed by atoms with E-state index in [0.29, 0.717) is 0 Å². The van der Waals surface area contributed by atoms with E-state index in [9.17, 15) is 0 Å². The third-order valence-electron chi connectivity index (χ3n) is 4.72. The van der Waals surface area contributed by atoms with E-state index >= 15 is 0 Å². The van der Waals surface area contributed by atoms with Crippen LogP contribution in [0.3, 0.4) is 0 Å². The van der Waals surface area contributed by atoms with Crippen molar-refractivity contribution in [3.8, 4) is 0 Å². The Kier molecular flexibility index (Phi) is 5.83. The van der Waals surface area contributed by atoms with Gasteiger partial charge in [-0.05, 0) is 24.1 Å². The fraction of sp³-hybridized carbons (Fsp3) is 0.450. The molecule has 6 nitrogen and oxygen atoms in total. The predicted octanol–water partition coefficient (Wildman–Crippen LogP) is 2.16. The summed E-state index contributed by atoms with van der Waals surface area (Å²) >= 11 is 0. The Morgan fingerprint density at radius 2 is 1.85 bits per heavy atom. The van der Waals surface area contributed by atoms with Crippen LogP contribution in [-0.2, 0) is 19.4 Å². The van der Waals surface area contributed by atoms with Crippen LogP contribution in [-0.4, -0.2) is 60.6 Å². The van der Waals surface area contributed by atoms with Gasteiger partial charge in [-0.15, -0.1) is 6.58 Å². The van der Waals surface area contributed by atoms with Crippen LogP contribution in [0.4, 0.5) is 11.8 Å². The predicted molar refractivity (Wildman–Crippen MR) is 107 cm³/mol. The smallest absolute Gasteiger partial charge is 0.227 e. The lowest BCUT2D eigenvalue weighted by molar-refractivity contribution is 0.279. The summed E-state index contributed by atoms with van der Waals surface area (Å²) < 4.78 is 0. The van der Waals surface area contributed by atoms with Crippen LogP contribution < -0.4 is 9.80 Å². The zero-order valence-corrected chi connectivity index (χ0v) is 16.0. The number of hydrogen-bond acceptors (Lipinski definition) is 6. The van der Waals surface area contributed by atoms with E-state index in [0.717, 1.165) is 50.8 Å². The van der Waals surface area contributed by atoms with Crippen LogP contribution in [0.25, 0.3) is 0 Å². The van der Waals surface area contributed by atoms with E-state index in [2.05, 4.69) is 40.5 Å². The molecule has 0 fully saturated rings. The number of nitrogens with zero attached hydrogens (tertiary/aromatic N) is 6. The van der Waals surface area contributed by atoms with Gasteiger partial charge in [0.1, 0.15) is 5.82 Å². The maximum atomic E-state index is 4.84. The molecule has 2 aromatic heterocycles. The molecular weight excluding hydrogens is 324 g/mol. The van der Waals surface area contributed by atoms with Gasteiger partial charge >= 0.3 is 0 Å². The first-order valence-corrected chi connectivity index (χ1v) is 9.09. The lowest BCUT2D eigenvalue weighted by atomic mass is 10.1. The second kappa shape index (κ2) is 8.27. The molecular formula is C20H28N6. The van der Waals surface area contributed by atoms with E-state index in [1.807, 2.05) is 37.5 Å². The van der Waals surface area contributed by atoms with Crippen LogP contribution in [0.2, 0.25) is 0 Å². The zero-order valence-electron chi connectivity index (χ0n) is 16.0. The standard InChI is InChI=1S/C20H28N6/c1-5-12-25(4)19-17-8-13-26(15-16-6-10-21-11-7-16)14-9-18(17)22-20(23-19)24(2)3/h5-7,10-11H,1,8-9,12-15H2,2-4H3. The Balaban J connectivity index is 1.85. The van der Waals surface area contributed by atoms with E-state index in [4.69, 9.17) is 9.97 Å². The van der Waals surface area contributed by atoms with Crippen LogP contribution >= 0.6 is 0 Å². The summed E-state index contributed by atoms with van der Waals surface area (Å²) in [6.07, 6.45) is 7.54. The summed E-state index contributed by atoms with van der Waals surface area (Å²) in [6.45, 7) is 7.60. The van der Waals surface area contributed by atoms with Crippen molar-refractivity contribution < 1.29 is 0 Å². The number of pyridine rings is 1. The first-order valence-electron chi connectivity index (χ1n) is 9.09. The summed E-state index contributed by atoms with van der Waals surface area (Å²) in [7, 11) is 6.06. The lowest BCUT2D eigenvalue weighted by Crippen LogP contribution is -2.26. The number of likely N-dealkylation sites (N-methyl/N-ethyl adjacent to an activating group) is 1. The fourth-order valence-corrected chi connectivity index (χ4v) is 3.31. The molecule has 3 heterocycles. The van der Waals surface area contributed by atoms with Crippen molar-refractivity contribution in [1.29, 1.82) is 0 Å². The van der Waals surface area contributed by atoms with Gasteiger partial charge in [0.05, 0.1) is 5.69 Å². The number of hydrogen-bond donors (Lipinski definition) is 0. The molecule has 26 heavy (non-hydrogen) atoms. The molecule has 138 valence electrons. The highest BCUT2D eigenvalue weighted by molar-refractivity contribution is 5.53. The molecule has 0 aromatic carbocycles.